The van der Waals surface area contributed by atoms with Crippen LogP contribution in [0, 0.1) is 5.92 Å². The third-order valence-electron chi connectivity index (χ3n) is 5.93. The molecule has 1 aromatic rings. The fourth-order valence-corrected chi connectivity index (χ4v) is 4.37. The zero-order chi connectivity index (χ0) is 18.7. The van der Waals surface area contributed by atoms with E-state index in [1.54, 1.807) is 14.2 Å². The molecule has 0 aromatic heterocycles. The van der Waals surface area contributed by atoms with E-state index in [1.165, 1.54) is 0 Å². The van der Waals surface area contributed by atoms with Crippen LogP contribution in [-0.4, -0.2) is 49.2 Å². The highest BCUT2D eigenvalue weighted by Crippen LogP contribution is 2.45. The predicted molar refractivity (Wildman–Crippen MR) is 96.6 cm³/mol. The standard InChI is InChI=1S/C20H27NO5/c1-25-16-6-5-15(13-17(16)26-2)20(9-3-4-10-20)19(24)21-11-7-14(8-12-21)18(22)23/h5-6,13-14H,3-4,7-12H2,1-2H3,(H,22,23). The number of carbonyl (C=O) groups excluding carboxylic acids is 1. The van der Waals surface area contributed by atoms with Gasteiger partial charge in [-0.3, -0.25) is 9.59 Å². The van der Waals surface area contributed by atoms with Crippen molar-refractivity contribution in [3.63, 3.8) is 0 Å². The molecule has 1 N–H and O–H groups in total. The average Bonchev–Trinajstić information content (AvgIpc) is 3.18. The third kappa shape index (κ3) is 3.24. The zero-order valence-electron chi connectivity index (χ0n) is 15.5. The van der Waals surface area contributed by atoms with E-state index in [1.807, 2.05) is 23.1 Å². The molecule has 26 heavy (non-hydrogen) atoms. The van der Waals surface area contributed by atoms with Crippen LogP contribution in [-0.2, 0) is 15.0 Å². The van der Waals surface area contributed by atoms with Crippen LogP contribution >= 0.6 is 0 Å². The first-order valence-corrected chi connectivity index (χ1v) is 9.26. The number of likely N-dealkylation sites (tertiary alicyclic amines) is 1. The van der Waals surface area contributed by atoms with Crippen molar-refractivity contribution in [3.8, 4) is 11.5 Å². The Balaban J connectivity index is 1.86. The van der Waals surface area contributed by atoms with Crippen molar-refractivity contribution in [2.75, 3.05) is 27.3 Å². The number of methoxy groups -OCH3 is 2. The summed E-state index contributed by atoms with van der Waals surface area (Å²) in [5.74, 6) is 0.325. The summed E-state index contributed by atoms with van der Waals surface area (Å²) in [5.41, 5.74) is 0.438. The van der Waals surface area contributed by atoms with E-state index in [2.05, 4.69) is 0 Å². The molecule has 0 bridgehead atoms. The second-order valence-electron chi connectivity index (χ2n) is 7.26. The van der Waals surface area contributed by atoms with Crippen LogP contribution in [0.25, 0.3) is 0 Å². The van der Waals surface area contributed by atoms with Crippen LogP contribution < -0.4 is 9.47 Å². The lowest BCUT2D eigenvalue weighted by molar-refractivity contribution is -0.147. The van der Waals surface area contributed by atoms with Gasteiger partial charge in [0.2, 0.25) is 5.91 Å². The fraction of sp³-hybridized carbons (Fsp3) is 0.600. The van der Waals surface area contributed by atoms with Crippen LogP contribution in [0.5, 0.6) is 11.5 Å². The lowest BCUT2D eigenvalue weighted by atomic mass is 9.76. The molecule has 6 heteroatoms. The number of piperidine rings is 1. The topological polar surface area (TPSA) is 76.1 Å². The van der Waals surface area contributed by atoms with Crippen LogP contribution in [0.4, 0.5) is 0 Å². The smallest absolute Gasteiger partial charge is 0.306 e. The van der Waals surface area contributed by atoms with Crippen molar-refractivity contribution in [2.45, 2.75) is 43.9 Å². The second kappa shape index (κ2) is 7.56. The Kier molecular flexibility index (Phi) is 5.39. The molecule has 0 spiro atoms. The summed E-state index contributed by atoms with van der Waals surface area (Å²) in [4.78, 5) is 26.5. The van der Waals surface area contributed by atoms with Crippen molar-refractivity contribution >= 4 is 11.9 Å². The maximum absolute atomic E-state index is 13.5. The Morgan fingerprint density at radius 1 is 1.08 bits per heavy atom. The van der Waals surface area contributed by atoms with Crippen molar-refractivity contribution in [1.29, 1.82) is 0 Å². The molecule has 0 atom stereocenters. The molecular weight excluding hydrogens is 334 g/mol. The van der Waals surface area contributed by atoms with Crippen LogP contribution in [0.1, 0.15) is 44.1 Å². The van der Waals surface area contributed by atoms with Crippen molar-refractivity contribution in [2.24, 2.45) is 5.92 Å². The van der Waals surface area contributed by atoms with Gasteiger partial charge in [0.25, 0.3) is 0 Å². The molecule has 2 aliphatic rings. The third-order valence-corrected chi connectivity index (χ3v) is 5.93. The first-order valence-electron chi connectivity index (χ1n) is 9.26. The van der Waals surface area contributed by atoms with Gasteiger partial charge in [0.1, 0.15) is 0 Å². The second-order valence-corrected chi connectivity index (χ2v) is 7.26. The van der Waals surface area contributed by atoms with Crippen molar-refractivity contribution in [3.05, 3.63) is 23.8 Å². The number of benzene rings is 1. The zero-order valence-corrected chi connectivity index (χ0v) is 15.5. The molecule has 1 aromatic carbocycles. The molecule has 0 unspecified atom stereocenters. The number of aliphatic carboxylic acids is 1. The molecule has 3 rings (SSSR count). The molecule has 1 aliphatic carbocycles. The highest BCUT2D eigenvalue weighted by atomic mass is 16.5. The van der Waals surface area contributed by atoms with E-state index in [0.717, 1.165) is 31.2 Å². The lowest BCUT2D eigenvalue weighted by Crippen LogP contribution is -2.49. The molecular formula is C20H27NO5. The monoisotopic (exact) mass is 361 g/mol. The minimum absolute atomic E-state index is 0.131. The molecule has 1 amide bonds. The molecule has 1 saturated carbocycles. The summed E-state index contributed by atoms with van der Waals surface area (Å²) < 4.78 is 10.8. The number of carboxylic acids is 1. The van der Waals surface area contributed by atoms with Crippen LogP contribution in [0.3, 0.4) is 0 Å². The van der Waals surface area contributed by atoms with Gasteiger partial charge in [0, 0.05) is 13.1 Å². The van der Waals surface area contributed by atoms with Gasteiger partial charge in [0.05, 0.1) is 25.6 Å². The summed E-state index contributed by atoms with van der Waals surface area (Å²) in [6.07, 6.45) is 4.74. The summed E-state index contributed by atoms with van der Waals surface area (Å²) in [5, 5.41) is 9.18. The minimum Gasteiger partial charge on any atom is -0.493 e. The highest BCUT2D eigenvalue weighted by molar-refractivity contribution is 5.89. The molecule has 2 fully saturated rings. The van der Waals surface area contributed by atoms with E-state index < -0.39 is 11.4 Å². The summed E-state index contributed by atoms with van der Waals surface area (Å²) in [6, 6.07) is 5.75. The molecule has 0 radical (unpaired) electrons. The number of nitrogens with zero attached hydrogens (tertiary/aromatic N) is 1. The Bertz CT molecular complexity index is 673. The van der Waals surface area contributed by atoms with Gasteiger partial charge in [-0.2, -0.15) is 0 Å². The molecule has 1 saturated heterocycles. The quantitative estimate of drug-likeness (QED) is 0.873. The Hall–Kier alpha value is -2.24. The predicted octanol–water partition coefficient (Wildman–Crippen LogP) is 2.84. The number of hydrogen-bond donors (Lipinski definition) is 1. The lowest BCUT2D eigenvalue weighted by Gasteiger charge is -2.38. The maximum Gasteiger partial charge on any atom is 0.306 e. The van der Waals surface area contributed by atoms with E-state index in [9.17, 15) is 14.7 Å². The number of ether oxygens (including phenoxy) is 2. The Morgan fingerprint density at radius 3 is 2.23 bits per heavy atom. The van der Waals surface area contributed by atoms with E-state index in [-0.39, 0.29) is 11.8 Å². The largest absolute Gasteiger partial charge is 0.493 e. The highest BCUT2D eigenvalue weighted by Gasteiger charge is 2.46. The van der Waals surface area contributed by atoms with Gasteiger partial charge >= 0.3 is 5.97 Å². The first kappa shape index (κ1) is 18.5. The van der Waals surface area contributed by atoms with Gasteiger partial charge in [-0.1, -0.05) is 18.9 Å². The summed E-state index contributed by atoms with van der Waals surface area (Å²) in [6.45, 7) is 1.04. The van der Waals surface area contributed by atoms with Gasteiger partial charge in [0.15, 0.2) is 11.5 Å². The van der Waals surface area contributed by atoms with E-state index in [0.29, 0.717) is 37.4 Å². The van der Waals surface area contributed by atoms with Crippen molar-refractivity contribution in [1.82, 2.24) is 4.90 Å². The Labute approximate surface area is 154 Å². The number of carbonyl (C=O) groups is 2. The van der Waals surface area contributed by atoms with E-state index >= 15 is 0 Å². The normalized spacial score (nSPS) is 20.0. The van der Waals surface area contributed by atoms with Crippen LogP contribution in [0.2, 0.25) is 0 Å². The van der Waals surface area contributed by atoms with Gasteiger partial charge in [-0.15, -0.1) is 0 Å². The Morgan fingerprint density at radius 2 is 1.69 bits per heavy atom. The summed E-state index contributed by atoms with van der Waals surface area (Å²) in [7, 11) is 3.20. The minimum atomic E-state index is -0.757. The fourth-order valence-electron chi connectivity index (χ4n) is 4.37. The molecule has 142 valence electrons. The number of rotatable bonds is 5. The summed E-state index contributed by atoms with van der Waals surface area (Å²) >= 11 is 0. The number of amides is 1. The van der Waals surface area contributed by atoms with Crippen LogP contribution in [0.15, 0.2) is 18.2 Å². The van der Waals surface area contributed by atoms with Crippen molar-refractivity contribution < 1.29 is 24.2 Å². The van der Waals surface area contributed by atoms with E-state index in [4.69, 9.17) is 9.47 Å². The molecule has 1 aliphatic heterocycles. The van der Waals surface area contributed by atoms with Gasteiger partial charge in [-0.05, 0) is 43.4 Å². The maximum atomic E-state index is 13.5. The van der Waals surface area contributed by atoms with Gasteiger partial charge in [-0.25, -0.2) is 0 Å². The number of hydrogen-bond acceptors (Lipinski definition) is 4. The SMILES string of the molecule is COc1ccc(C2(C(=O)N3CCC(C(=O)O)CC3)CCCC2)cc1OC. The number of carboxylic acid groups (broad SMARTS) is 1. The molecule has 1 heterocycles. The van der Waals surface area contributed by atoms with Gasteiger partial charge < -0.3 is 19.5 Å². The first-order chi connectivity index (χ1) is 12.5. The average molecular weight is 361 g/mol. The molecule has 6 nitrogen and oxygen atoms in total.